The number of rotatable bonds is 7. The van der Waals surface area contributed by atoms with Gasteiger partial charge in [-0.2, -0.15) is 5.10 Å². The van der Waals surface area contributed by atoms with E-state index in [1.807, 2.05) is 37.5 Å². The summed E-state index contributed by atoms with van der Waals surface area (Å²) in [7, 11) is 0.00120. The van der Waals surface area contributed by atoms with Crippen molar-refractivity contribution >= 4 is 10.0 Å². The second-order valence-corrected chi connectivity index (χ2v) is 7.10. The first-order chi connectivity index (χ1) is 10.4. The molecule has 0 fully saturated rings. The Morgan fingerprint density at radius 3 is 2.77 bits per heavy atom. The van der Waals surface area contributed by atoms with Crippen LogP contribution in [0.15, 0.2) is 36.7 Å². The van der Waals surface area contributed by atoms with Gasteiger partial charge >= 0.3 is 0 Å². The largest absolute Gasteiger partial charge is 0.381 e. The van der Waals surface area contributed by atoms with Gasteiger partial charge in [0.1, 0.15) is 0 Å². The molecule has 2 aromatic rings. The molecule has 0 saturated heterocycles. The minimum Gasteiger partial charge on any atom is -0.381 e. The van der Waals surface area contributed by atoms with E-state index in [0.29, 0.717) is 0 Å². The summed E-state index contributed by atoms with van der Waals surface area (Å²) in [6, 6.07) is 7.73. The van der Waals surface area contributed by atoms with E-state index in [1.54, 1.807) is 17.8 Å². The predicted octanol–water partition coefficient (Wildman–Crippen LogP) is 1.54. The normalized spacial score (nSPS) is 13.2. The van der Waals surface area contributed by atoms with Crippen LogP contribution < -0.4 is 4.72 Å². The van der Waals surface area contributed by atoms with Crippen LogP contribution in [0.5, 0.6) is 0 Å². The lowest BCUT2D eigenvalue weighted by Gasteiger charge is -2.11. The van der Waals surface area contributed by atoms with E-state index in [9.17, 15) is 8.42 Å². The molecule has 0 saturated carbocycles. The predicted molar refractivity (Wildman–Crippen MR) is 85.7 cm³/mol. The van der Waals surface area contributed by atoms with Crippen LogP contribution in [-0.4, -0.2) is 37.2 Å². The van der Waals surface area contributed by atoms with E-state index in [2.05, 4.69) is 9.82 Å². The van der Waals surface area contributed by atoms with Crippen LogP contribution in [0, 0.1) is 0 Å². The van der Waals surface area contributed by atoms with Gasteiger partial charge in [0.15, 0.2) is 0 Å². The first-order valence-corrected chi connectivity index (χ1v) is 8.63. The molecule has 22 heavy (non-hydrogen) atoms. The topological polar surface area (TPSA) is 73.2 Å². The van der Waals surface area contributed by atoms with Crippen molar-refractivity contribution in [1.82, 2.24) is 14.5 Å². The van der Waals surface area contributed by atoms with Crippen molar-refractivity contribution in [2.24, 2.45) is 7.05 Å². The zero-order valence-corrected chi connectivity index (χ0v) is 13.8. The Hall–Kier alpha value is -1.70. The van der Waals surface area contributed by atoms with E-state index in [-0.39, 0.29) is 18.4 Å². The monoisotopic (exact) mass is 323 g/mol. The molecular formula is C15H21N3O3S. The van der Waals surface area contributed by atoms with Gasteiger partial charge < -0.3 is 4.74 Å². The lowest BCUT2D eigenvalue weighted by Crippen LogP contribution is -2.31. The third-order valence-corrected chi connectivity index (χ3v) is 4.81. The Bertz CT molecular complexity index is 725. The maximum atomic E-state index is 11.9. The van der Waals surface area contributed by atoms with Crippen molar-refractivity contribution in [3.63, 3.8) is 0 Å². The number of nitrogens with one attached hydrogen (secondary N) is 1. The summed E-state index contributed by atoms with van der Waals surface area (Å²) in [6.07, 6.45) is 3.37. The highest BCUT2D eigenvalue weighted by molar-refractivity contribution is 7.89. The first kappa shape index (κ1) is 16.7. The van der Waals surface area contributed by atoms with Crippen LogP contribution in [-0.2, 0) is 28.4 Å². The van der Waals surface area contributed by atoms with E-state index in [0.717, 1.165) is 16.7 Å². The number of aryl methyl sites for hydroxylation is 1. The number of methoxy groups -OCH3 is 1. The number of aromatic nitrogens is 2. The van der Waals surface area contributed by atoms with E-state index in [1.165, 1.54) is 7.11 Å². The molecule has 1 heterocycles. The molecule has 0 amide bonds. The fourth-order valence-electron chi connectivity index (χ4n) is 2.06. The molecule has 1 aromatic carbocycles. The third-order valence-electron chi connectivity index (χ3n) is 3.32. The van der Waals surface area contributed by atoms with Crippen LogP contribution >= 0.6 is 0 Å². The fraction of sp³-hybridized carbons (Fsp3) is 0.400. The van der Waals surface area contributed by atoms with E-state index < -0.39 is 10.0 Å². The molecule has 0 aliphatic rings. The Morgan fingerprint density at radius 2 is 2.14 bits per heavy atom. The number of hydrogen-bond acceptors (Lipinski definition) is 4. The van der Waals surface area contributed by atoms with Crippen molar-refractivity contribution in [3.05, 3.63) is 42.2 Å². The molecule has 0 spiro atoms. The third kappa shape index (κ3) is 4.66. The lowest BCUT2D eigenvalue weighted by molar-refractivity contribution is 0.136. The maximum Gasteiger partial charge on any atom is 0.214 e. The second kappa shape index (κ2) is 7.04. The summed E-state index contributed by atoms with van der Waals surface area (Å²) < 4.78 is 33.2. The van der Waals surface area contributed by atoms with Crippen LogP contribution in [0.3, 0.4) is 0 Å². The van der Waals surface area contributed by atoms with Crippen LogP contribution in [0.4, 0.5) is 0 Å². The van der Waals surface area contributed by atoms with Gasteiger partial charge in [0, 0.05) is 32.5 Å². The van der Waals surface area contributed by atoms with Crippen LogP contribution in [0.1, 0.15) is 12.5 Å². The number of ether oxygens (including phenoxy) is 1. The Morgan fingerprint density at radius 1 is 1.36 bits per heavy atom. The summed E-state index contributed by atoms with van der Waals surface area (Å²) in [5.74, 6) is -0.0498. The average Bonchev–Trinajstić information content (AvgIpc) is 2.92. The van der Waals surface area contributed by atoms with Gasteiger partial charge in [-0.3, -0.25) is 4.68 Å². The maximum absolute atomic E-state index is 11.9. The van der Waals surface area contributed by atoms with Crippen molar-refractivity contribution in [2.45, 2.75) is 19.6 Å². The summed E-state index contributed by atoms with van der Waals surface area (Å²) >= 11 is 0. The second-order valence-electron chi connectivity index (χ2n) is 5.25. The van der Waals surface area contributed by atoms with Crippen molar-refractivity contribution < 1.29 is 13.2 Å². The molecule has 0 aliphatic heterocycles. The summed E-state index contributed by atoms with van der Waals surface area (Å²) in [4.78, 5) is 0. The number of nitrogens with zero attached hydrogens (tertiary/aromatic N) is 2. The highest BCUT2D eigenvalue weighted by atomic mass is 32.2. The molecule has 0 aliphatic carbocycles. The highest BCUT2D eigenvalue weighted by Crippen LogP contribution is 2.19. The molecule has 2 rings (SSSR count). The molecule has 7 heteroatoms. The van der Waals surface area contributed by atoms with E-state index in [4.69, 9.17) is 4.74 Å². The van der Waals surface area contributed by atoms with Gasteiger partial charge in [0.05, 0.1) is 18.1 Å². The average molecular weight is 323 g/mol. The van der Waals surface area contributed by atoms with E-state index >= 15 is 0 Å². The molecular weight excluding hydrogens is 302 g/mol. The van der Waals surface area contributed by atoms with Gasteiger partial charge in [0.2, 0.25) is 10.0 Å². The summed E-state index contributed by atoms with van der Waals surface area (Å²) in [6.45, 7) is 1.98. The number of hydrogen-bond donors (Lipinski definition) is 1. The molecule has 1 atom stereocenters. The minimum absolute atomic E-state index is 0.0498. The lowest BCUT2D eigenvalue weighted by atomic mass is 10.1. The number of sulfonamides is 1. The first-order valence-electron chi connectivity index (χ1n) is 6.98. The molecule has 6 nitrogen and oxygen atoms in total. The Labute approximate surface area is 131 Å². The molecule has 1 aromatic heterocycles. The smallest absolute Gasteiger partial charge is 0.214 e. The molecule has 0 unspecified atom stereocenters. The minimum atomic E-state index is -3.36. The molecule has 120 valence electrons. The van der Waals surface area contributed by atoms with Crippen LogP contribution in [0.2, 0.25) is 0 Å². The van der Waals surface area contributed by atoms with Gasteiger partial charge in [-0.15, -0.1) is 0 Å². The van der Waals surface area contributed by atoms with Crippen molar-refractivity contribution in [3.8, 4) is 11.1 Å². The van der Waals surface area contributed by atoms with Gasteiger partial charge in [-0.25, -0.2) is 13.1 Å². The fourth-order valence-corrected chi connectivity index (χ4v) is 3.32. The Kier molecular flexibility index (Phi) is 5.33. The summed E-state index contributed by atoms with van der Waals surface area (Å²) in [5.41, 5.74) is 2.91. The number of benzene rings is 1. The quantitative estimate of drug-likeness (QED) is 0.839. The van der Waals surface area contributed by atoms with Crippen molar-refractivity contribution in [2.75, 3.05) is 12.9 Å². The Balaban J connectivity index is 2.05. The highest BCUT2D eigenvalue weighted by Gasteiger charge is 2.15. The summed E-state index contributed by atoms with van der Waals surface area (Å²) in [5, 5.41) is 4.14. The van der Waals surface area contributed by atoms with Gasteiger partial charge in [-0.1, -0.05) is 18.2 Å². The zero-order chi connectivity index (χ0) is 16.2. The van der Waals surface area contributed by atoms with Crippen molar-refractivity contribution in [1.29, 1.82) is 0 Å². The van der Waals surface area contributed by atoms with Gasteiger partial charge in [-0.05, 0) is 24.1 Å². The SMILES string of the molecule is CO[C@H](C)CS(=O)(=O)NCc1cccc(-c2cnn(C)c2)c1. The zero-order valence-electron chi connectivity index (χ0n) is 13.0. The molecule has 0 radical (unpaired) electrons. The van der Waals surface area contributed by atoms with Crippen LogP contribution in [0.25, 0.3) is 11.1 Å². The molecule has 0 bridgehead atoms. The standard InChI is InChI=1S/C15H21N3O3S/c1-12(21-3)11-22(19,20)17-8-13-5-4-6-14(7-13)15-9-16-18(2)10-15/h4-7,9-10,12,17H,8,11H2,1-3H3/t12-/m1/s1. The van der Waals surface area contributed by atoms with Gasteiger partial charge in [0.25, 0.3) is 0 Å². The molecule has 1 N–H and O–H groups in total.